The molecular formula is C29H29FN4O4. The van der Waals surface area contributed by atoms with Gasteiger partial charge >= 0.3 is 0 Å². The molecule has 38 heavy (non-hydrogen) atoms. The first-order valence-corrected chi connectivity index (χ1v) is 12.6. The van der Waals surface area contributed by atoms with Crippen LogP contribution in [0, 0.1) is 12.7 Å². The first-order valence-electron chi connectivity index (χ1n) is 12.6. The van der Waals surface area contributed by atoms with Gasteiger partial charge in [-0.3, -0.25) is 24.3 Å². The molecule has 2 aromatic carbocycles. The second kappa shape index (κ2) is 10.7. The molecule has 0 saturated carbocycles. The van der Waals surface area contributed by atoms with Crippen LogP contribution in [-0.2, 0) is 16.1 Å². The monoisotopic (exact) mass is 516 g/mol. The van der Waals surface area contributed by atoms with Gasteiger partial charge in [0.2, 0.25) is 5.91 Å². The zero-order valence-corrected chi connectivity index (χ0v) is 21.1. The molecule has 3 aromatic rings. The molecule has 3 amide bonds. The van der Waals surface area contributed by atoms with Crippen molar-refractivity contribution >= 4 is 17.7 Å². The summed E-state index contributed by atoms with van der Waals surface area (Å²) >= 11 is 0. The second-order valence-corrected chi connectivity index (χ2v) is 9.70. The molecule has 1 aromatic heterocycles. The number of rotatable bonds is 5. The Bertz CT molecular complexity index is 1340. The molecule has 2 aliphatic heterocycles. The first-order chi connectivity index (χ1) is 18.4. The van der Waals surface area contributed by atoms with E-state index in [-0.39, 0.29) is 36.4 Å². The van der Waals surface area contributed by atoms with Gasteiger partial charge in [-0.05, 0) is 48.9 Å². The third-order valence-electron chi connectivity index (χ3n) is 7.14. The lowest BCUT2D eigenvalue weighted by Gasteiger charge is -2.44. The van der Waals surface area contributed by atoms with Crippen molar-refractivity contribution in [2.45, 2.75) is 38.1 Å². The predicted octanol–water partition coefficient (Wildman–Crippen LogP) is 3.32. The number of aromatic nitrogens is 1. The summed E-state index contributed by atoms with van der Waals surface area (Å²) in [5.41, 5.74) is 1.48. The van der Waals surface area contributed by atoms with E-state index in [1.54, 1.807) is 46.5 Å². The van der Waals surface area contributed by atoms with E-state index in [0.717, 1.165) is 11.1 Å². The van der Waals surface area contributed by atoms with Crippen LogP contribution < -0.4 is 5.32 Å². The first kappa shape index (κ1) is 25.5. The normalized spacial score (nSPS) is 18.4. The van der Waals surface area contributed by atoms with Crippen molar-refractivity contribution in [2.24, 2.45) is 0 Å². The van der Waals surface area contributed by atoms with Gasteiger partial charge in [-0.25, -0.2) is 4.39 Å². The molecule has 1 atom stereocenters. The highest BCUT2D eigenvalue weighted by molar-refractivity contribution is 5.99. The number of likely N-dealkylation sites (tertiary alicyclic amines) is 1. The van der Waals surface area contributed by atoms with Crippen LogP contribution in [0.5, 0.6) is 0 Å². The lowest BCUT2D eigenvalue weighted by Crippen LogP contribution is -2.59. The number of ether oxygens (including phenoxy) is 1. The number of pyridine rings is 1. The Morgan fingerprint density at radius 3 is 2.45 bits per heavy atom. The molecule has 9 heteroatoms. The second-order valence-electron chi connectivity index (χ2n) is 9.70. The Kier molecular flexibility index (Phi) is 7.20. The minimum Gasteiger partial charge on any atom is -0.353 e. The predicted molar refractivity (Wildman–Crippen MR) is 137 cm³/mol. The maximum atomic E-state index is 13.9. The fourth-order valence-corrected chi connectivity index (χ4v) is 5.16. The summed E-state index contributed by atoms with van der Waals surface area (Å²) in [6, 6.07) is 15.7. The molecular weight excluding hydrogens is 487 g/mol. The van der Waals surface area contributed by atoms with E-state index in [1.807, 2.05) is 25.1 Å². The van der Waals surface area contributed by atoms with Crippen molar-refractivity contribution in [2.75, 3.05) is 19.7 Å². The fraction of sp³-hybridized carbons (Fsp3) is 0.310. The van der Waals surface area contributed by atoms with Crippen molar-refractivity contribution in [3.05, 3.63) is 101 Å². The number of amides is 3. The molecule has 0 aliphatic carbocycles. The molecule has 8 nitrogen and oxygen atoms in total. The Morgan fingerprint density at radius 2 is 1.76 bits per heavy atom. The smallest absolute Gasteiger partial charge is 0.256 e. The zero-order valence-electron chi connectivity index (χ0n) is 21.1. The van der Waals surface area contributed by atoms with E-state index in [9.17, 15) is 18.8 Å². The van der Waals surface area contributed by atoms with Gasteiger partial charge in [0.05, 0.1) is 6.61 Å². The molecule has 3 heterocycles. The largest absolute Gasteiger partial charge is 0.353 e. The van der Waals surface area contributed by atoms with Crippen molar-refractivity contribution in [1.82, 2.24) is 20.1 Å². The van der Waals surface area contributed by atoms with Crippen LogP contribution in [0.15, 0.2) is 73.1 Å². The van der Waals surface area contributed by atoms with Crippen LogP contribution in [0.3, 0.4) is 0 Å². The number of hydrogen-bond donors (Lipinski definition) is 1. The number of nitrogens with one attached hydrogen (secondary N) is 1. The number of nitrogens with zero attached hydrogens (tertiary/aromatic N) is 3. The van der Waals surface area contributed by atoms with Crippen LogP contribution in [0.1, 0.15) is 44.7 Å². The molecule has 1 unspecified atom stereocenters. The molecule has 1 spiro atoms. The third kappa shape index (κ3) is 5.15. The van der Waals surface area contributed by atoms with Crippen molar-refractivity contribution in [3.8, 4) is 0 Å². The Labute approximate surface area is 220 Å². The third-order valence-corrected chi connectivity index (χ3v) is 7.14. The minimum absolute atomic E-state index is 0.0499. The number of aryl methyl sites for hydroxylation is 1. The Balaban J connectivity index is 1.37. The highest BCUT2D eigenvalue weighted by Crippen LogP contribution is 2.39. The number of carbonyl (C=O) groups is 3. The van der Waals surface area contributed by atoms with Crippen LogP contribution in [0.25, 0.3) is 0 Å². The van der Waals surface area contributed by atoms with E-state index in [2.05, 4.69) is 10.3 Å². The number of carbonyl (C=O) groups excluding carboxylic acids is 3. The average molecular weight is 517 g/mol. The number of benzene rings is 2. The summed E-state index contributed by atoms with van der Waals surface area (Å²) in [5, 5.41) is 2.91. The van der Waals surface area contributed by atoms with Crippen molar-refractivity contribution in [1.29, 1.82) is 0 Å². The summed E-state index contributed by atoms with van der Waals surface area (Å²) in [6.07, 6.45) is 4.00. The lowest BCUT2D eigenvalue weighted by molar-refractivity contribution is -0.128. The van der Waals surface area contributed by atoms with E-state index in [4.69, 9.17) is 4.74 Å². The van der Waals surface area contributed by atoms with Crippen LogP contribution in [0.2, 0.25) is 0 Å². The topological polar surface area (TPSA) is 91.8 Å². The van der Waals surface area contributed by atoms with E-state index < -0.39 is 17.6 Å². The highest BCUT2D eigenvalue weighted by atomic mass is 19.1. The van der Waals surface area contributed by atoms with Gasteiger partial charge in [0, 0.05) is 56.0 Å². The molecule has 0 radical (unpaired) electrons. The van der Waals surface area contributed by atoms with Crippen LogP contribution >= 0.6 is 0 Å². The van der Waals surface area contributed by atoms with Gasteiger partial charge in [0.1, 0.15) is 17.6 Å². The molecule has 2 fully saturated rings. The van der Waals surface area contributed by atoms with Gasteiger partial charge in [0.15, 0.2) is 0 Å². The van der Waals surface area contributed by atoms with Crippen LogP contribution in [-0.4, -0.2) is 64.0 Å². The summed E-state index contributed by atoms with van der Waals surface area (Å²) in [6.45, 7) is 2.84. The SMILES string of the molecule is Cc1cccc(C(=O)N2C(C(=O)NCc3cccnc3)COC23CCN(C(=O)c2cccc(F)c2)CC3)c1. The van der Waals surface area contributed by atoms with Gasteiger partial charge in [-0.1, -0.05) is 29.8 Å². The highest BCUT2D eigenvalue weighted by Gasteiger charge is 2.54. The standard InChI is InChI=1S/C29H29FN4O4/c1-20-5-2-7-22(15-20)28(37)34-25(26(35)32-18-21-6-4-12-31-17-21)19-38-29(34)10-13-33(14-11-29)27(36)23-8-3-9-24(30)16-23/h2-9,12,15-17,25H,10-11,13-14,18-19H2,1H3,(H,32,35). The van der Waals surface area contributed by atoms with Crippen LogP contribution in [0.4, 0.5) is 4.39 Å². The minimum atomic E-state index is -1.03. The van der Waals surface area contributed by atoms with Gasteiger partial charge in [0.25, 0.3) is 11.8 Å². The van der Waals surface area contributed by atoms with Gasteiger partial charge in [-0.2, -0.15) is 0 Å². The molecule has 1 N–H and O–H groups in total. The maximum Gasteiger partial charge on any atom is 0.256 e. The van der Waals surface area contributed by atoms with Gasteiger partial charge in [-0.15, -0.1) is 0 Å². The lowest BCUT2D eigenvalue weighted by atomic mass is 9.95. The summed E-state index contributed by atoms with van der Waals surface area (Å²) < 4.78 is 19.9. The molecule has 0 bridgehead atoms. The Morgan fingerprint density at radius 1 is 1.03 bits per heavy atom. The van der Waals surface area contributed by atoms with Crippen molar-refractivity contribution < 1.29 is 23.5 Å². The van der Waals surface area contributed by atoms with E-state index >= 15 is 0 Å². The molecule has 2 aliphatic rings. The number of piperidine rings is 1. The fourth-order valence-electron chi connectivity index (χ4n) is 5.16. The van der Waals surface area contributed by atoms with E-state index in [1.165, 1.54) is 18.2 Å². The quantitative estimate of drug-likeness (QED) is 0.562. The maximum absolute atomic E-state index is 13.9. The zero-order chi connectivity index (χ0) is 26.7. The average Bonchev–Trinajstić information content (AvgIpc) is 3.30. The molecule has 5 rings (SSSR count). The van der Waals surface area contributed by atoms with E-state index in [0.29, 0.717) is 31.5 Å². The summed E-state index contributed by atoms with van der Waals surface area (Å²) in [5.74, 6) is -1.36. The molecule has 2 saturated heterocycles. The summed E-state index contributed by atoms with van der Waals surface area (Å²) in [7, 11) is 0. The number of halogens is 1. The Hall–Kier alpha value is -4.11. The van der Waals surface area contributed by atoms with Gasteiger partial charge < -0.3 is 15.0 Å². The molecule has 196 valence electrons. The number of hydrogen-bond acceptors (Lipinski definition) is 5. The summed E-state index contributed by atoms with van der Waals surface area (Å²) in [4.78, 5) is 47.5. The van der Waals surface area contributed by atoms with Crippen molar-refractivity contribution in [3.63, 3.8) is 0 Å².